The molecule has 2 aromatic rings. The lowest BCUT2D eigenvalue weighted by atomic mass is 10.1. The highest BCUT2D eigenvalue weighted by Gasteiger charge is 2.15. The molecule has 0 bridgehead atoms. The molecule has 0 atom stereocenters. The minimum Gasteiger partial charge on any atom is -0.284 e. The number of anilines is 1. The molecule has 6 nitrogen and oxygen atoms in total. The Kier molecular flexibility index (Phi) is 6.21. The average molecular weight is 383 g/mol. The smallest absolute Gasteiger partial charge is 0.240 e. The van der Waals surface area contributed by atoms with Gasteiger partial charge in [0.15, 0.2) is 0 Å². The van der Waals surface area contributed by atoms with E-state index in [9.17, 15) is 16.8 Å². The zero-order valence-electron chi connectivity index (χ0n) is 14.2. The molecule has 25 heavy (non-hydrogen) atoms. The summed E-state index contributed by atoms with van der Waals surface area (Å²) in [6.45, 7) is 2.10. The summed E-state index contributed by atoms with van der Waals surface area (Å²) in [5, 5.41) is 0. The first-order chi connectivity index (χ1) is 11.7. The van der Waals surface area contributed by atoms with Crippen molar-refractivity contribution in [2.24, 2.45) is 0 Å². The second-order valence-corrected chi connectivity index (χ2v) is 9.32. The van der Waals surface area contributed by atoms with Gasteiger partial charge in [0.25, 0.3) is 0 Å². The summed E-state index contributed by atoms with van der Waals surface area (Å²) in [5.41, 5.74) is 2.23. The molecule has 0 aliphatic heterocycles. The highest BCUT2D eigenvalue weighted by Crippen LogP contribution is 2.14. The van der Waals surface area contributed by atoms with Crippen LogP contribution in [0.25, 0.3) is 0 Å². The first-order valence-electron chi connectivity index (χ1n) is 7.79. The largest absolute Gasteiger partial charge is 0.284 e. The molecule has 8 heteroatoms. The van der Waals surface area contributed by atoms with Gasteiger partial charge in [0.1, 0.15) is 0 Å². The van der Waals surface area contributed by atoms with Gasteiger partial charge in [-0.15, -0.1) is 0 Å². The van der Waals surface area contributed by atoms with Crippen LogP contribution >= 0.6 is 0 Å². The SMILES string of the molecule is Cc1ccccc1S(=O)(=O)NCCCc1ccc(NS(C)(=O)=O)cc1. The summed E-state index contributed by atoms with van der Waals surface area (Å²) < 4.78 is 51.9. The Hall–Kier alpha value is -1.90. The highest BCUT2D eigenvalue weighted by atomic mass is 32.2. The zero-order chi connectivity index (χ0) is 18.5. The van der Waals surface area contributed by atoms with Crippen molar-refractivity contribution in [3.05, 3.63) is 59.7 Å². The Morgan fingerprint density at radius 1 is 0.920 bits per heavy atom. The highest BCUT2D eigenvalue weighted by molar-refractivity contribution is 7.92. The van der Waals surface area contributed by atoms with Gasteiger partial charge in [-0.25, -0.2) is 21.6 Å². The van der Waals surface area contributed by atoms with E-state index in [2.05, 4.69) is 9.44 Å². The Bertz CT molecular complexity index is 921. The molecule has 136 valence electrons. The molecular formula is C17H22N2O4S2. The average Bonchev–Trinajstić information content (AvgIpc) is 2.52. The van der Waals surface area contributed by atoms with E-state index in [1.807, 2.05) is 12.1 Å². The Morgan fingerprint density at radius 2 is 1.56 bits per heavy atom. The van der Waals surface area contributed by atoms with Crippen LogP contribution in [-0.2, 0) is 26.5 Å². The van der Waals surface area contributed by atoms with Crippen LogP contribution in [0.5, 0.6) is 0 Å². The maximum atomic E-state index is 12.3. The lowest BCUT2D eigenvalue weighted by Crippen LogP contribution is -2.25. The second kappa shape index (κ2) is 7.99. The standard InChI is InChI=1S/C17H22N2O4S2/c1-14-6-3-4-8-17(14)25(22,23)18-13-5-7-15-9-11-16(12-10-15)19-24(2,20)21/h3-4,6,8-12,18-19H,5,7,13H2,1-2H3. The summed E-state index contributed by atoms with van der Waals surface area (Å²) in [4.78, 5) is 0.297. The summed E-state index contributed by atoms with van der Waals surface area (Å²) in [5.74, 6) is 0. The number of hydrogen-bond acceptors (Lipinski definition) is 4. The molecule has 0 fully saturated rings. The number of hydrogen-bond donors (Lipinski definition) is 2. The van der Waals surface area contributed by atoms with Crippen LogP contribution in [0.15, 0.2) is 53.4 Å². The first kappa shape index (κ1) is 19.4. The summed E-state index contributed by atoms with van der Waals surface area (Å²) in [7, 11) is -6.78. The van der Waals surface area contributed by atoms with E-state index in [1.165, 1.54) is 0 Å². The van der Waals surface area contributed by atoms with Gasteiger partial charge in [0.05, 0.1) is 11.2 Å². The van der Waals surface area contributed by atoms with E-state index in [0.717, 1.165) is 11.8 Å². The third kappa shape index (κ3) is 6.15. The van der Waals surface area contributed by atoms with E-state index in [0.29, 0.717) is 35.5 Å². The molecule has 2 aromatic carbocycles. The molecule has 0 saturated heterocycles. The fourth-order valence-corrected chi connectivity index (χ4v) is 4.27. The van der Waals surface area contributed by atoms with Crippen LogP contribution in [-0.4, -0.2) is 29.6 Å². The van der Waals surface area contributed by atoms with E-state index in [4.69, 9.17) is 0 Å². The van der Waals surface area contributed by atoms with Crippen molar-refractivity contribution in [2.45, 2.75) is 24.7 Å². The number of benzene rings is 2. The predicted molar refractivity (Wildman–Crippen MR) is 99.6 cm³/mol. The topological polar surface area (TPSA) is 92.3 Å². The lowest BCUT2D eigenvalue weighted by molar-refractivity contribution is 0.578. The van der Waals surface area contributed by atoms with Crippen LogP contribution in [0.3, 0.4) is 0 Å². The molecule has 0 aromatic heterocycles. The van der Waals surface area contributed by atoms with Crippen molar-refractivity contribution in [3.8, 4) is 0 Å². The number of rotatable bonds is 8. The minimum absolute atomic E-state index is 0.297. The molecule has 0 aliphatic carbocycles. The third-order valence-corrected chi connectivity index (χ3v) is 5.80. The predicted octanol–water partition coefficient (Wildman–Crippen LogP) is 2.28. The molecule has 2 N–H and O–H groups in total. The molecule has 0 spiro atoms. The normalized spacial score (nSPS) is 12.1. The fraction of sp³-hybridized carbons (Fsp3) is 0.294. The van der Waals surface area contributed by atoms with E-state index < -0.39 is 20.0 Å². The molecule has 0 unspecified atom stereocenters. The molecule has 0 amide bonds. The van der Waals surface area contributed by atoms with Crippen LogP contribution in [0.2, 0.25) is 0 Å². The van der Waals surface area contributed by atoms with Gasteiger partial charge in [0, 0.05) is 12.2 Å². The van der Waals surface area contributed by atoms with Crippen molar-refractivity contribution in [1.29, 1.82) is 0 Å². The maximum absolute atomic E-state index is 12.3. The van der Waals surface area contributed by atoms with Gasteiger partial charge in [-0.3, -0.25) is 4.72 Å². The fourth-order valence-electron chi connectivity index (χ4n) is 2.39. The Morgan fingerprint density at radius 3 is 2.16 bits per heavy atom. The van der Waals surface area contributed by atoms with Crippen LogP contribution in [0, 0.1) is 6.92 Å². The number of nitrogens with one attached hydrogen (secondary N) is 2. The molecule has 0 aliphatic rings. The Balaban J connectivity index is 1.86. The molecular weight excluding hydrogens is 360 g/mol. The van der Waals surface area contributed by atoms with Crippen molar-refractivity contribution >= 4 is 25.7 Å². The zero-order valence-corrected chi connectivity index (χ0v) is 15.8. The quantitative estimate of drug-likeness (QED) is 0.685. The number of aryl methyl sites for hydroxylation is 2. The van der Waals surface area contributed by atoms with Gasteiger partial charge in [-0.05, 0) is 49.1 Å². The van der Waals surface area contributed by atoms with Gasteiger partial charge < -0.3 is 0 Å². The van der Waals surface area contributed by atoms with Crippen LogP contribution < -0.4 is 9.44 Å². The first-order valence-corrected chi connectivity index (χ1v) is 11.2. The minimum atomic E-state index is -3.50. The third-order valence-electron chi connectivity index (χ3n) is 3.57. The monoisotopic (exact) mass is 382 g/mol. The van der Waals surface area contributed by atoms with Crippen molar-refractivity contribution in [2.75, 3.05) is 17.5 Å². The maximum Gasteiger partial charge on any atom is 0.240 e. The molecule has 0 saturated carbocycles. The molecule has 0 heterocycles. The second-order valence-electron chi connectivity index (χ2n) is 5.84. The summed E-state index contributed by atoms with van der Waals surface area (Å²) >= 11 is 0. The lowest BCUT2D eigenvalue weighted by Gasteiger charge is -2.09. The summed E-state index contributed by atoms with van der Waals surface area (Å²) in [6.07, 6.45) is 2.43. The van der Waals surface area contributed by atoms with Crippen molar-refractivity contribution in [1.82, 2.24) is 4.72 Å². The number of sulfonamides is 2. The van der Waals surface area contributed by atoms with Crippen LogP contribution in [0.4, 0.5) is 5.69 Å². The van der Waals surface area contributed by atoms with Gasteiger partial charge in [0.2, 0.25) is 20.0 Å². The van der Waals surface area contributed by atoms with Gasteiger partial charge in [-0.1, -0.05) is 30.3 Å². The van der Waals surface area contributed by atoms with Gasteiger partial charge >= 0.3 is 0 Å². The van der Waals surface area contributed by atoms with E-state index in [-0.39, 0.29) is 0 Å². The van der Waals surface area contributed by atoms with Crippen LogP contribution in [0.1, 0.15) is 17.5 Å². The Labute approximate surface area is 149 Å². The van der Waals surface area contributed by atoms with Crippen molar-refractivity contribution in [3.63, 3.8) is 0 Å². The molecule has 2 rings (SSSR count). The van der Waals surface area contributed by atoms with E-state index in [1.54, 1.807) is 43.3 Å². The van der Waals surface area contributed by atoms with E-state index >= 15 is 0 Å². The van der Waals surface area contributed by atoms with Crippen molar-refractivity contribution < 1.29 is 16.8 Å². The molecule has 0 radical (unpaired) electrons. The summed E-state index contributed by atoms with van der Waals surface area (Å²) in [6, 6.07) is 13.9. The van der Waals surface area contributed by atoms with Gasteiger partial charge in [-0.2, -0.15) is 0 Å².